The van der Waals surface area contributed by atoms with Crippen LogP contribution >= 0.6 is 0 Å². The molecule has 1 unspecified atom stereocenters. The molecule has 16 heteroatoms. The molecule has 1 atom stereocenters. The van der Waals surface area contributed by atoms with E-state index in [1.807, 2.05) is 0 Å². The van der Waals surface area contributed by atoms with Gasteiger partial charge in [0.15, 0.2) is 0 Å². The van der Waals surface area contributed by atoms with Crippen LogP contribution < -0.4 is 5.73 Å². The predicted molar refractivity (Wildman–Crippen MR) is 139 cm³/mol. The fourth-order valence-corrected chi connectivity index (χ4v) is 4.55. The molecule has 3 amide bonds. The monoisotopic (exact) mass is 638 g/mol. The Hall–Kier alpha value is -3.95. The molecule has 0 radical (unpaired) electrons. The molecule has 0 saturated carbocycles. The number of halogens is 8. The molecular formula is C28H30F8N4O4. The molecule has 2 fully saturated rings. The second-order valence-corrected chi connectivity index (χ2v) is 10.1. The van der Waals surface area contributed by atoms with Gasteiger partial charge in [0, 0.05) is 25.1 Å². The van der Waals surface area contributed by atoms with E-state index in [4.69, 9.17) is 10.5 Å². The first-order valence-electron chi connectivity index (χ1n) is 13.5. The molecule has 2 aliphatic heterocycles. The SMILES string of the molecule is CCCCN.O=C1CN2C(=O)CCN(C(=O)OCc3cc(C(F)(F)F)cc(C(F)(F)F)c3)C2CN1Cc1cc(F)ccc1F. The van der Waals surface area contributed by atoms with Crippen molar-refractivity contribution in [2.75, 3.05) is 26.2 Å². The normalized spacial score (nSPS) is 17.2. The van der Waals surface area contributed by atoms with Gasteiger partial charge in [-0.3, -0.25) is 14.5 Å². The van der Waals surface area contributed by atoms with Gasteiger partial charge in [0.25, 0.3) is 0 Å². The van der Waals surface area contributed by atoms with Crippen molar-refractivity contribution >= 4 is 17.9 Å². The summed E-state index contributed by atoms with van der Waals surface area (Å²) in [6, 6.07) is 3.42. The van der Waals surface area contributed by atoms with Gasteiger partial charge in [-0.2, -0.15) is 26.3 Å². The Labute approximate surface area is 247 Å². The quantitative estimate of drug-likeness (QED) is 0.435. The van der Waals surface area contributed by atoms with Crippen LogP contribution in [0, 0.1) is 11.6 Å². The van der Waals surface area contributed by atoms with Crippen molar-refractivity contribution in [3.05, 3.63) is 70.3 Å². The summed E-state index contributed by atoms with van der Waals surface area (Å²) >= 11 is 0. The van der Waals surface area contributed by atoms with Gasteiger partial charge in [-0.1, -0.05) is 13.3 Å². The zero-order chi connectivity index (χ0) is 32.8. The number of fused-ring (bicyclic) bond motifs is 1. The summed E-state index contributed by atoms with van der Waals surface area (Å²) in [7, 11) is 0. The second kappa shape index (κ2) is 14.2. The summed E-state index contributed by atoms with van der Waals surface area (Å²) in [5.41, 5.74) is 1.25. The van der Waals surface area contributed by atoms with Crippen molar-refractivity contribution in [1.29, 1.82) is 0 Å². The van der Waals surface area contributed by atoms with E-state index in [-0.39, 0.29) is 37.7 Å². The fourth-order valence-electron chi connectivity index (χ4n) is 4.55. The van der Waals surface area contributed by atoms with E-state index in [2.05, 4.69) is 6.92 Å². The number of hydrogen-bond donors (Lipinski definition) is 1. The van der Waals surface area contributed by atoms with Gasteiger partial charge >= 0.3 is 18.4 Å². The zero-order valence-electron chi connectivity index (χ0n) is 23.5. The van der Waals surface area contributed by atoms with Crippen LogP contribution in [-0.2, 0) is 39.8 Å². The number of unbranched alkanes of at least 4 members (excludes halogenated alkanes) is 1. The third-order valence-corrected chi connectivity index (χ3v) is 6.82. The maximum Gasteiger partial charge on any atom is 0.416 e. The summed E-state index contributed by atoms with van der Waals surface area (Å²) in [4.78, 5) is 41.0. The van der Waals surface area contributed by atoms with Crippen LogP contribution in [0.4, 0.5) is 39.9 Å². The minimum absolute atomic E-state index is 0.0610. The lowest BCUT2D eigenvalue weighted by atomic mass is 10.1. The third kappa shape index (κ3) is 8.80. The highest BCUT2D eigenvalue weighted by atomic mass is 19.4. The van der Waals surface area contributed by atoms with Gasteiger partial charge in [0.2, 0.25) is 11.8 Å². The number of carbonyl (C=O) groups excluding carboxylic acids is 3. The first-order chi connectivity index (χ1) is 20.5. The molecule has 242 valence electrons. The average molecular weight is 639 g/mol. The smallest absolute Gasteiger partial charge is 0.416 e. The Morgan fingerprint density at radius 3 is 2.16 bits per heavy atom. The number of nitrogens with zero attached hydrogens (tertiary/aromatic N) is 3. The van der Waals surface area contributed by atoms with Crippen molar-refractivity contribution in [3.63, 3.8) is 0 Å². The molecule has 2 N–H and O–H groups in total. The van der Waals surface area contributed by atoms with Gasteiger partial charge in [-0.05, 0) is 54.9 Å². The molecule has 4 rings (SSSR count). The third-order valence-electron chi connectivity index (χ3n) is 6.82. The van der Waals surface area contributed by atoms with Crippen LogP contribution in [0.1, 0.15) is 48.4 Å². The van der Waals surface area contributed by atoms with E-state index in [1.54, 1.807) is 0 Å². The highest BCUT2D eigenvalue weighted by Gasteiger charge is 2.44. The first-order valence-corrected chi connectivity index (χ1v) is 13.5. The summed E-state index contributed by atoms with van der Waals surface area (Å²) in [6.07, 6.45) is -10.3. The molecule has 2 saturated heterocycles. The summed E-state index contributed by atoms with van der Waals surface area (Å²) in [6.45, 7) is 0.619. The topological polar surface area (TPSA) is 96.2 Å². The minimum Gasteiger partial charge on any atom is -0.444 e. The van der Waals surface area contributed by atoms with Crippen molar-refractivity contribution in [2.24, 2.45) is 5.73 Å². The van der Waals surface area contributed by atoms with Crippen molar-refractivity contribution < 1.29 is 54.2 Å². The Balaban J connectivity index is 0.000000978. The van der Waals surface area contributed by atoms with Gasteiger partial charge in [0.05, 0.1) is 17.7 Å². The molecule has 2 aliphatic rings. The minimum atomic E-state index is -5.09. The number of rotatable bonds is 6. The van der Waals surface area contributed by atoms with E-state index in [9.17, 15) is 49.5 Å². The van der Waals surface area contributed by atoms with E-state index in [1.165, 1.54) is 12.8 Å². The van der Waals surface area contributed by atoms with Gasteiger partial charge in [0.1, 0.15) is 31.0 Å². The number of nitrogens with two attached hydrogens (primary N) is 1. The molecule has 2 heterocycles. The zero-order valence-corrected chi connectivity index (χ0v) is 23.5. The Bertz CT molecular complexity index is 1320. The molecule has 0 bridgehead atoms. The van der Waals surface area contributed by atoms with Crippen LogP contribution in [0.15, 0.2) is 36.4 Å². The highest BCUT2D eigenvalue weighted by molar-refractivity contribution is 5.88. The van der Waals surface area contributed by atoms with Crippen LogP contribution in [0.3, 0.4) is 0 Å². The molecule has 0 spiro atoms. The van der Waals surface area contributed by atoms with Gasteiger partial charge < -0.3 is 20.3 Å². The highest BCUT2D eigenvalue weighted by Crippen LogP contribution is 2.36. The van der Waals surface area contributed by atoms with Gasteiger partial charge in [-0.25, -0.2) is 13.6 Å². The number of alkyl halides is 6. The summed E-state index contributed by atoms with van der Waals surface area (Å²) < 4.78 is 111. The van der Waals surface area contributed by atoms with Crippen molar-refractivity contribution in [3.8, 4) is 0 Å². The first kappa shape index (κ1) is 34.5. The van der Waals surface area contributed by atoms with E-state index >= 15 is 0 Å². The van der Waals surface area contributed by atoms with Gasteiger partial charge in [-0.15, -0.1) is 0 Å². The fraction of sp³-hybridized carbons (Fsp3) is 0.464. The standard InChI is InChI=1S/C24H19F8N3O4.C4H11N/c25-17-1-2-18(26)14(7-17)9-33-10-19-34(4-3-20(36)35(19)11-21(33)37)22(38)39-12-13-5-15(23(27,28)29)8-16(6-13)24(30,31)32;1-2-3-4-5/h1-2,5-8,19H,3-4,9-12H2;2-5H2,1H3. The van der Waals surface area contributed by atoms with Crippen molar-refractivity contribution in [2.45, 2.75) is 57.9 Å². The Morgan fingerprint density at radius 2 is 1.61 bits per heavy atom. The summed E-state index contributed by atoms with van der Waals surface area (Å²) in [5, 5.41) is 0. The predicted octanol–water partition coefficient (Wildman–Crippen LogP) is 5.29. The molecule has 0 aromatic heterocycles. The lowest BCUT2D eigenvalue weighted by Gasteiger charge is -2.48. The number of benzene rings is 2. The van der Waals surface area contributed by atoms with Crippen molar-refractivity contribution in [1.82, 2.24) is 14.7 Å². The number of ether oxygens (including phenoxy) is 1. The molecule has 0 aliphatic carbocycles. The molecular weight excluding hydrogens is 608 g/mol. The van der Waals surface area contributed by atoms with E-state index in [0.29, 0.717) is 12.1 Å². The lowest BCUT2D eigenvalue weighted by Crippen LogP contribution is -2.67. The maximum atomic E-state index is 14.1. The average Bonchev–Trinajstić information content (AvgIpc) is 2.94. The number of piperazine rings is 1. The molecule has 2 aromatic carbocycles. The maximum absolute atomic E-state index is 14.1. The van der Waals surface area contributed by atoms with E-state index < -0.39 is 77.9 Å². The number of hydrogen-bond acceptors (Lipinski definition) is 5. The Morgan fingerprint density at radius 1 is 0.977 bits per heavy atom. The largest absolute Gasteiger partial charge is 0.444 e. The second-order valence-electron chi connectivity index (χ2n) is 10.1. The summed E-state index contributed by atoms with van der Waals surface area (Å²) in [5.74, 6) is -2.63. The van der Waals surface area contributed by atoms with E-state index in [0.717, 1.165) is 39.4 Å². The van der Waals surface area contributed by atoms with Crippen LogP contribution in [0.25, 0.3) is 0 Å². The molecule has 8 nitrogen and oxygen atoms in total. The molecule has 44 heavy (non-hydrogen) atoms. The molecule has 2 aromatic rings. The number of amides is 3. The van der Waals surface area contributed by atoms with Crippen LogP contribution in [-0.4, -0.2) is 65.0 Å². The van der Waals surface area contributed by atoms with Crippen LogP contribution in [0.2, 0.25) is 0 Å². The lowest BCUT2D eigenvalue weighted by molar-refractivity contribution is -0.160. The van der Waals surface area contributed by atoms with Crippen LogP contribution in [0.5, 0.6) is 0 Å². The number of carbonyl (C=O) groups is 3. The Kier molecular flexibility index (Phi) is 11.2.